The number of hydrogen-bond donors (Lipinski definition) is 4. The van der Waals surface area contributed by atoms with Gasteiger partial charge in [0.15, 0.2) is 0 Å². The van der Waals surface area contributed by atoms with Gasteiger partial charge in [-0.05, 0) is 32.4 Å². The molecule has 5 nitrogen and oxygen atoms in total. The number of para-hydroxylation sites is 1. The number of nitrogens with one attached hydrogen (secondary N) is 3. The molecule has 104 valence electrons. The topological polar surface area (TPSA) is 80.9 Å². The minimum absolute atomic E-state index is 0.0185. The number of imidazole rings is 1. The summed E-state index contributed by atoms with van der Waals surface area (Å²) in [6.07, 6.45) is 0.0250. The van der Waals surface area contributed by atoms with Gasteiger partial charge in [0, 0.05) is 18.5 Å². The van der Waals surface area contributed by atoms with Crippen molar-refractivity contribution in [2.75, 3.05) is 6.54 Å². The maximum absolute atomic E-state index is 11.3. The predicted molar refractivity (Wildman–Crippen MR) is 76.4 cm³/mol. The first-order valence-electron chi connectivity index (χ1n) is 6.48. The van der Waals surface area contributed by atoms with E-state index in [1.165, 1.54) is 0 Å². The van der Waals surface area contributed by atoms with Gasteiger partial charge in [-0.1, -0.05) is 12.1 Å². The van der Waals surface area contributed by atoms with E-state index >= 15 is 0 Å². The highest BCUT2D eigenvalue weighted by Crippen LogP contribution is 2.15. The van der Waals surface area contributed by atoms with Gasteiger partial charge in [-0.15, -0.1) is 0 Å². The summed E-state index contributed by atoms with van der Waals surface area (Å²) in [5.74, 6) is 0. The maximum atomic E-state index is 11.3. The van der Waals surface area contributed by atoms with E-state index in [1.54, 1.807) is 0 Å². The Balaban J connectivity index is 2.10. The second kappa shape index (κ2) is 5.19. The normalized spacial score (nSPS) is 13.9. The lowest BCUT2D eigenvalue weighted by molar-refractivity contribution is 0.161. The Hall–Kier alpha value is -1.59. The third kappa shape index (κ3) is 3.68. The van der Waals surface area contributed by atoms with Crippen molar-refractivity contribution in [3.8, 4) is 0 Å². The van der Waals surface area contributed by atoms with Crippen LogP contribution in [0.25, 0.3) is 11.0 Å². The van der Waals surface area contributed by atoms with Crippen molar-refractivity contribution in [1.29, 1.82) is 0 Å². The molecule has 0 bridgehead atoms. The van der Waals surface area contributed by atoms with Crippen molar-refractivity contribution >= 4 is 11.0 Å². The summed E-state index contributed by atoms with van der Waals surface area (Å²) in [6.45, 7) is 6.70. The van der Waals surface area contributed by atoms with E-state index < -0.39 is 6.10 Å². The van der Waals surface area contributed by atoms with E-state index in [4.69, 9.17) is 0 Å². The summed E-state index contributed by atoms with van der Waals surface area (Å²) < 4.78 is 0. The Labute approximate surface area is 112 Å². The van der Waals surface area contributed by atoms with Crippen LogP contribution in [0.2, 0.25) is 0 Å². The van der Waals surface area contributed by atoms with Crippen molar-refractivity contribution in [2.24, 2.45) is 0 Å². The zero-order valence-electron chi connectivity index (χ0n) is 11.6. The molecule has 2 rings (SSSR count). The van der Waals surface area contributed by atoms with Crippen LogP contribution in [0.15, 0.2) is 23.0 Å². The number of aromatic nitrogens is 2. The molecule has 0 saturated carbocycles. The van der Waals surface area contributed by atoms with Crippen molar-refractivity contribution in [2.45, 2.75) is 38.8 Å². The number of rotatable bonds is 4. The summed E-state index contributed by atoms with van der Waals surface area (Å²) in [6, 6.07) is 5.65. The number of β-amino-alcohol motifs (C(OH)–C–C–N with tert-alkyl or cyclic N) is 1. The number of fused-ring (bicyclic) bond motifs is 1. The zero-order chi connectivity index (χ0) is 14.0. The van der Waals surface area contributed by atoms with E-state index in [9.17, 15) is 9.90 Å². The molecule has 19 heavy (non-hydrogen) atoms. The molecule has 0 spiro atoms. The fourth-order valence-corrected chi connectivity index (χ4v) is 2.04. The number of H-pyrrole nitrogens is 2. The first-order chi connectivity index (χ1) is 8.85. The monoisotopic (exact) mass is 263 g/mol. The van der Waals surface area contributed by atoms with Gasteiger partial charge in [-0.3, -0.25) is 0 Å². The smallest absolute Gasteiger partial charge is 0.323 e. The van der Waals surface area contributed by atoms with Crippen LogP contribution in [-0.4, -0.2) is 33.3 Å². The Morgan fingerprint density at radius 2 is 2.05 bits per heavy atom. The van der Waals surface area contributed by atoms with Crippen LogP contribution >= 0.6 is 0 Å². The van der Waals surface area contributed by atoms with E-state index in [0.29, 0.717) is 13.0 Å². The molecular weight excluding hydrogens is 242 g/mol. The molecule has 0 fully saturated rings. The molecule has 0 radical (unpaired) electrons. The molecule has 1 unspecified atom stereocenters. The van der Waals surface area contributed by atoms with Gasteiger partial charge in [0.25, 0.3) is 0 Å². The lowest BCUT2D eigenvalue weighted by Crippen LogP contribution is -2.41. The van der Waals surface area contributed by atoms with Crippen LogP contribution in [0.4, 0.5) is 0 Å². The fourth-order valence-electron chi connectivity index (χ4n) is 2.04. The molecule has 1 aromatic carbocycles. The van der Waals surface area contributed by atoms with Crippen LogP contribution in [0.1, 0.15) is 26.3 Å². The minimum atomic E-state index is -0.483. The van der Waals surface area contributed by atoms with Crippen molar-refractivity contribution in [3.05, 3.63) is 34.2 Å². The largest absolute Gasteiger partial charge is 0.391 e. The molecular formula is C14H21N3O2. The average Bonchev–Trinajstić information content (AvgIpc) is 2.67. The SMILES string of the molecule is CC(C)(C)NCC(O)Cc1cccc2[nH]c(=O)[nH]c12. The third-order valence-electron chi connectivity index (χ3n) is 2.96. The zero-order valence-corrected chi connectivity index (χ0v) is 11.6. The van der Waals surface area contributed by atoms with Crippen LogP contribution in [-0.2, 0) is 6.42 Å². The van der Waals surface area contributed by atoms with E-state index in [2.05, 4.69) is 36.1 Å². The Morgan fingerprint density at radius 1 is 1.32 bits per heavy atom. The maximum Gasteiger partial charge on any atom is 0.323 e. The molecule has 2 aromatic rings. The number of hydrogen-bond acceptors (Lipinski definition) is 3. The molecule has 0 aliphatic heterocycles. The van der Waals surface area contributed by atoms with Crippen molar-refractivity contribution in [3.63, 3.8) is 0 Å². The van der Waals surface area contributed by atoms with Gasteiger partial charge in [-0.25, -0.2) is 4.79 Å². The van der Waals surface area contributed by atoms with Crippen LogP contribution in [0.5, 0.6) is 0 Å². The highest BCUT2D eigenvalue weighted by atomic mass is 16.3. The summed E-state index contributed by atoms with van der Waals surface area (Å²) in [7, 11) is 0. The predicted octanol–water partition coefficient (Wildman–Crippen LogP) is 1.15. The van der Waals surface area contributed by atoms with Crippen molar-refractivity contribution < 1.29 is 5.11 Å². The molecule has 1 aromatic heterocycles. The van der Waals surface area contributed by atoms with Crippen molar-refractivity contribution in [1.82, 2.24) is 15.3 Å². The second-order valence-electron chi connectivity index (χ2n) is 5.91. The molecule has 1 heterocycles. The van der Waals surface area contributed by atoms with Crippen LogP contribution < -0.4 is 11.0 Å². The van der Waals surface area contributed by atoms with Gasteiger partial charge in [-0.2, -0.15) is 0 Å². The third-order valence-corrected chi connectivity index (χ3v) is 2.96. The lowest BCUT2D eigenvalue weighted by atomic mass is 10.0. The van der Waals surface area contributed by atoms with E-state index in [-0.39, 0.29) is 11.2 Å². The second-order valence-corrected chi connectivity index (χ2v) is 5.91. The number of benzene rings is 1. The molecule has 0 amide bonds. The number of aliphatic hydroxyl groups excluding tert-OH is 1. The first kappa shape index (κ1) is 13.8. The minimum Gasteiger partial charge on any atom is -0.391 e. The van der Waals surface area contributed by atoms with Crippen LogP contribution in [0.3, 0.4) is 0 Å². The Bertz CT molecular complexity index is 607. The van der Waals surface area contributed by atoms with Gasteiger partial charge in [0.05, 0.1) is 17.1 Å². The quantitative estimate of drug-likeness (QED) is 0.668. The molecule has 5 heteroatoms. The Kier molecular flexibility index (Phi) is 3.78. The molecule has 0 saturated heterocycles. The van der Waals surface area contributed by atoms with Gasteiger partial charge >= 0.3 is 5.69 Å². The highest BCUT2D eigenvalue weighted by molar-refractivity contribution is 5.78. The average molecular weight is 263 g/mol. The first-order valence-corrected chi connectivity index (χ1v) is 6.48. The van der Waals surface area contributed by atoms with Crippen LogP contribution in [0, 0.1) is 0 Å². The van der Waals surface area contributed by atoms with E-state index in [0.717, 1.165) is 16.6 Å². The fraction of sp³-hybridized carbons (Fsp3) is 0.500. The number of aliphatic hydroxyl groups is 1. The van der Waals surface area contributed by atoms with Gasteiger partial charge < -0.3 is 20.4 Å². The summed E-state index contributed by atoms with van der Waals surface area (Å²) >= 11 is 0. The summed E-state index contributed by atoms with van der Waals surface area (Å²) in [5, 5.41) is 13.3. The van der Waals surface area contributed by atoms with Gasteiger partial charge in [0.2, 0.25) is 0 Å². The molecule has 1 atom stereocenters. The van der Waals surface area contributed by atoms with E-state index in [1.807, 2.05) is 18.2 Å². The number of aromatic amines is 2. The molecule has 4 N–H and O–H groups in total. The molecule has 0 aliphatic carbocycles. The summed E-state index contributed by atoms with van der Waals surface area (Å²) in [5.41, 5.74) is 2.26. The molecule has 0 aliphatic rings. The highest BCUT2D eigenvalue weighted by Gasteiger charge is 2.14. The van der Waals surface area contributed by atoms with Gasteiger partial charge in [0.1, 0.15) is 0 Å². The Morgan fingerprint density at radius 3 is 2.74 bits per heavy atom. The standard InChI is InChI=1S/C14H21N3O2/c1-14(2,3)15-8-10(18)7-9-5-4-6-11-12(9)17-13(19)16-11/h4-6,10,15,18H,7-8H2,1-3H3,(H2,16,17,19). The lowest BCUT2D eigenvalue weighted by Gasteiger charge is -2.23. The summed E-state index contributed by atoms with van der Waals surface area (Å²) in [4.78, 5) is 16.8.